The topological polar surface area (TPSA) is 124 Å². The third kappa shape index (κ3) is 4.10. The van der Waals surface area contributed by atoms with Gasteiger partial charge in [0.25, 0.3) is 10.1 Å². The molecule has 1 aromatic carbocycles. The highest BCUT2D eigenvalue weighted by Gasteiger charge is 2.78. The number of ether oxygens (including phenoxy) is 1. The van der Waals surface area contributed by atoms with Crippen LogP contribution in [0.5, 0.6) is 0 Å². The molecule has 228 valence electrons. The summed E-state index contributed by atoms with van der Waals surface area (Å²) in [7, 11) is -4.60. The van der Waals surface area contributed by atoms with E-state index in [1.807, 2.05) is 0 Å². The summed E-state index contributed by atoms with van der Waals surface area (Å²) in [6, 6.07) is 5.84. The fourth-order valence-corrected chi connectivity index (χ4v) is 9.90. The number of aliphatic hydroxyl groups is 1. The van der Waals surface area contributed by atoms with Crippen molar-refractivity contribution in [3.05, 3.63) is 53.6 Å². The van der Waals surface area contributed by atoms with Crippen LogP contribution in [0.15, 0.2) is 53.0 Å². The Morgan fingerprint density at radius 2 is 1.76 bits per heavy atom. The van der Waals surface area contributed by atoms with E-state index in [0.717, 1.165) is 18.6 Å². The van der Waals surface area contributed by atoms with Crippen molar-refractivity contribution in [2.24, 2.45) is 28.6 Å². The average Bonchev–Trinajstić information content (AvgIpc) is 3.12. The van der Waals surface area contributed by atoms with Crippen LogP contribution in [0.2, 0.25) is 0 Å². The van der Waals surface area contributed by atoms with Crippen LogP contribution in [0.4, 0.5) is 8.78 Å². The summed E-state index contributed by atoms with van der Waals surface area (Å²) >= 11 is 0. The summed E-state index contributed by atoms with van der Waals surface area (Å²) in [4.78, 5) is 37.6. The van der Waals surface area contributed by atoms with Crippen LogP contribution < -0.4 is 0 Å². The van der Waals surface area contributed by atoms with E-state index >= 15 is 8.78 Å². The smallest absolute Gasteiger partial charge is 0.303 e. The number of Topliss-reactive ketones (excluding diaryl/α,β-unsaturated/α-hetero) is 1. The van der Waals surface area contributed by atoms with Gasteiger partial charge >= 0.3 is 5.97 Å². The average molecular weight is 607 g/mol. The van der Waals surface area contributed by atoms with Gasteiger partial charge in [-0.05, 0) is 74.8 Å². The molecule has 11 heteroatoms. The van der Waals surface area contributed by atoms with Crippen LogP contribution in [0, 0.1) is 35.5 Å². The Hall–Kier alpha value is -2.76. The standard InChI is InChI=1S/C31H36F2O8S/c1-17-6-8-21(9-7-17)42(38,39)41-31(27(37)16-40-19(3)34)18(2)12-22-23-14-25(32)24-13-20(35)10-11-28(24,4)30(23,33)26(36)15-29(22,31)5/h6-11,13,18,22-23,25-26,36H,12,14-16H2,1-5H3/t18-,22-,23-,25-,26-,28-,29-,30-,31-/m0/s1. The van der Waals surface area contributed by atoms with Crippen LogP contribution in [0.25, 0.3) is 0 Å². The lowest BCUT2D eigenvalue weighted by Crippen LogP contribution is -2.71. The van der Waals surface area contributed by atoms with Gasteiger partial charge in [-0.3, -0.25) is 18.6 Å². The highest BCUT2D eigenvalue weighted by Crippen LogP contribution is 2.72. The summed E-state index contributed by atoms with van der Waals surface area (Å²) < 4.78 is 71.8. The van der Waals surface area contributed by atoms with Gasteiger partial charge in [-0.1, -0.05) is 37.6 Å². The van der Waals surface area contributed by atoms with Crippen LogP contribution in [-0.2, 0) is 33.4 Å². The van der Waals surface area contributed by atoms with Gasteiger partial charge in [0.05, 0.1) is 11.0 Å². The van der Waals surface area contributed by atoms with Crippen molar-refractivity contribution in [1.29, 1.82) is 0 Å². The molecule has 0 aliphatic heterocycles. The molecule has 0 spiro atoms. The zero-order valence-corrected chi connectivity index (χ0v) is 25.0. The molecule has 5 rings (SSSR count). The number of allylic oxidation sites excluding steroid dienone is 4. The highest BCUT2D eigenvalue weighted by molar-refractivity contribution is 7.86. The quantitative estimate of drug-likeness (QED) is 0.379. The molecule has 3 fully saturated rings. The fourth-order valence-electron chi connectivity index (χ4n) is 8.54. The maximum absolute atomic E-state index is 17.6. The number of hydrogen-bond donors (Lipinski definition) is 1. The zero-order chi connectivity index (χ0) is 31.0. The number of alkyl halides is 2. The molecular weight excluding hydrogens is 570 g/mol. The van der Waals surface area contributed by atoms with Gasteiger partial charge < -0.3 is 9.84 Å². The molecule has 0 bridgehead atoms. The third-order valence-electron chi connectivity index (χ3n) is 10.5. The Labute approximate surface area is 244 Å². The molecule has 1 aromatic rings. The molecule has 1 N–H and O–H groups in total. The van der Waals surface area contributed by atoms with Gasteiger partial charge in [0, 0.05) is 23.7 Å². The number of fused-ring (bicyclic) bond motifs is 5. The van der Waals surface area contributed by atoms with E-state index in [4.69, 9.17) is 8.92 Å². The number of rotatable bonds is 6. The van der Waals surface area contributed by atoms with Crippen molar-refractivity contribution < 1.29 is 45.6 Å². The minimum absolute atomic E-state index is 0.0437. The third-order valence-corrected chi connectivity index (χ3v) is 11.9. The summed E-state index contributed by atoms with van der Waals surface area (Å²) in [5.41, 5.74) is -6.99. The lowest BCUT2D eigenvalue weighted by molar-refractivity contribution is -0.219. The first-order valence-electron chi connectivity index (χ1n) is 14.1. The number of aliphatic hydroxyl groups excluding tert-OH is 1. The molecule has 0 radical (unpaired) electrons. The molecule has 3 saturated carbocycles. The van der Waals surface area contributed by atoms with E-state index in [0.29, 0.717) is 0 Å². The van der Waals surface area contributed by atoms with Crippen molar-refractivity contribution in [2.75, 3.05) is 6.61 Å². The number of aryl methyl sites for hydroxylation is 1. The van der Waals surface area contributed by atoms with Gasteiger partial charge in [-0.25, -0.2) is 8.78 Å². The maximum Gasteiger partial charge on any atom is 0.303 e. The molecule has 0 saturated heterocycles. The van der Waals surface area contributed by atoms with E-state index in [-0.39, 0.29) is 23.3 Å². The van der Waals surface area contributed by atoms with E-state index < -0.39 is 92.8 Å². The number of carbonyl (C=O) groups excluding carboxylic acids is 3. The fraction of sp³-hybridized carbons (Fsp3) is 0.581. The number of esters is 1. The number of carbonyl (C=O) groups is 3. The number of halogens is 2. The molecule has 4 aliphatic carbocycles. The van der Waals surface area contributed by atoms with E-state index in [1.54, 1.807) is 32.9 Å². The summed E-state index contributed by atoms with van der Waals surface area (Å²) in [5, 5.41) is 11.7. The molecule has 0 amide bonds. The van der Waals surface area contributed by atoms with E-state index in [1.165, 1.54) is 31.2 Å². The Kier molecular flexibility index (Phi) is 7.22. The Morgan fingerprint density at radius 1 is 1.12 bits per heavy atom. The molecule has 0 heterocycles. The van der Waals surface area contributed by atoms with E-state index in [9.17, 15) is 27.9 Å². The zero-order valence-electron chi connectivity index (χ0n) is 24.2. The van der Waals surface area contributed by atoms with Gasteiger partial charge in [0.2, 0.25) is 5.78 Å². The van der Waals surface area contributed by atoms with Crippen molar-refractivity contribution in [2.45, 2.75) is 82.3 Å². The second kappa shape index (κ2) is 9.89. The predicted molar refractivity (Wildman–Crippen MR) is 147 cm³/mol. The molecule has 8 nitrogen and oxygen atoms in total. The van der Waals surface area contributed by atoms with Gasteiger partial charge in [0.15, 0.2) is 23.7 Å². The summed E-state index contributed by atoms with van der Waals surface area (Å²) in [5.74, 6) is -4.89. The Bertz CT molecular complexity index is 1500. The number of ketones is 2. The lowest BCUT2D eigenvalue weighted by Gasteiger charge is -2.63. The van der Waals surface area contributed by atoms with Gasteiger partial charge in [-0.15, -0.1) is 0 Å². The molecule has 4 aliphatic rings. The molecule has 9 atom stereocenters. The highest BCUT2D eigenvalue weighted by atomic mass is 32.2. The SMILES string of the molecule is CC(=O)OCC(=O)[C@@]1(OS(=O)(=O)c2ccc(C)cc2)[C@@H](C)C[C@H]2[C@@H]3C[C@H](F)C4=CC(=O)C=C[C@]4(C)[C@@]3(F)[C@@H](O)C[C@@]21C. The molecule has 42 heavy (non-hydrogen) atoms. The molecule has 0 aromatic heterocycles. The van der Waals surface area contributed by atoms with Crippen LogP contribution in [0.1, 0.15) is 52.5 Å². The number of benzene rings is 1. The summed E-state index contributed by atoms with van der Waals surface area (Å²) in [6.07, 6.45) is -0.601. The van der Waals surface area contributed by atoms with Crippen molar-refractivity contribution >= 4 is 27.7 Å². The molecular formula is C31H36F2O8S. The van der Waals surface area contributed by atoms with Crippen molar-refractivity contribution in [1.82, 2.24) is 0 Å². The second-order valence-corrected chi connectivity index (χ2v) is 14.3. The van der Waals surface area contributed by atoms with Crippen LogP contribution in [0.3, 0.4) is 0 Å². The summed E-state index contributed by atoms with van der Waals surface area (Å²) in [6.45, 7) is 6.72. The second-order valence-electron chi connectivity index (χ2n) is 12.8. The minimum Gasteiger partial charge on any atom is -0.458 e. The molecule has 0 unspecified atom stereocenters. The van der Waals surface area contributed by atoms with Crippen LogP contribution in [-0.4, -0.2) is 61.2 Å². The predicted octanol–water partition coefficient (Wildman–Crippen LogP) is 4.14. The van der Waals surface area contributed by atoms with Crippen molar-refractivity contribution in [3.63, 3.8) is 0 Å². The number of hydrogen-bond acceptors (Lipinski definition) is 8. The Morgan fingerprint density at radius 3 is 2.38 bits per heavy atom. The van der Waals surface area contributed by atoms with Gasteiger partial charge in [0.1, 0.15) is 6.17 Å². The normalized spacial score (nSPS) is 40.9. The van der Waals surface area contributed by atoms with Crippen molar-refractivity contribution in [3.8, 4) is 0 Å². The first kappa shape index (κ1) is 30.7. The largest absolute Gasteiger partial charge is 0.458 e. The maximum atomic E-state index is 17.6. The minimum atomic E-state index is -4.60. The van der Waals surface area contributed by atoms with Gasteiger partial charge in [-0.2, -0.15) is 8.42 Å². The van der Waals surface area contributed by atoms with Crippen LogP contribution >= 0.6 is 0 Å². The van der Waals surface area contributed by atoms with E-state index in [2.05, 4.69) is 0 Å². The monoisotopic (exact) mass is 606 g/mol. The first-order chi connectivity index (χ1) is 19.4. The first-order valence-corrected chi connectivity index (χ1v) is 15.5. The lowest BCUT2D eigenvalue weighted by atomic mass is 9.44. The Balaban J connectivity index is 1.66.